The van der Waals surface area contributed by atoms with Crippen molar-refractivity contribution < 1.29 is 53.7 Å². The van der Waals surface area contributed by atoms with Gasteiger partial charge in [-0.25, -0.2) is 9.59 Å². The zero-order valence-electron chi connectivity index (χ0n) is 30.6. The lowest BCUT2D eigenvalue weighted by Crippen LogP contribution is -2.43. The number of nitrogen functional groups attached to an aromatic ring is 1. The first-order chi connectivity index (χ1) is 26.3. The lowest BCUT2D eigenvalue weighted by atomic mass is 9.80. The van der Waals surface area contributed by atoms with Crippen LogP contribution in [-0.2, 0) is 28.5 Å². The van der Waals surface area contributed by atoms with Crippen molar-refractivity contribution in [2.45, 2.75) is 77.8 Å². The van der Waals surface area contributed by atoms with Crippen molar-refractivity contribution in [2.75, 3.05) is 63.7 Å². The number of piperidine rings is 2. The summed E-state index contributed by atoms with van der Waals surface area (Å²) >= 11 is 0. The molecule has 0 saturated carbocycles. The molecule has 0 aromatic carbocycles. The predicted octanol–water partition coefficient (Wildman–Crippen LogP) is -0.955. The zero-order valence-corrected chi connectivity index (χ0v) is 30.6. The minimum atomic E-state index is -0.766. The largest absolute Gasteiger partial charge is 0.481 e. The Morgan fingerprint density at radius 2 is 1.38 bits per heavy atom. The number of rotatable bonds is 10. The van der Waals surface area contributed by atoms with Gasteiger partial charge in [-0.2, -0.15) is 9.97 Å². The quantitative estimate of drug-likeness (QED) is 0.158. The van der Waals surface area contributed by atoms with E-state index in [1.807, 2.05) is 4.81 Å². The highest BCUT2D eigenvalue weighted by Crippen LogP contribution is 2.23. The molecule has 4 saturated heterocycles. The number of nitrogens with one attached hydrogen (secondary N) is 1. The first kappa shape index (κ1) is 46.2. The molecule has 4 fully saturated rings. The molecule has 21 nitrogen and oxygen atoms in total. The van der Waals surface area contributed by atoms with Crippen molar-refractivity contribution in [3.8, 4) is 0 Å². The first-order valence-corrected chi connectivity index (χ1v) is 17.9. The van der Waals surface area contributed by atoms with E-state index in [4.69, 9.17) is 47.8 Å². The Morgan fingerprint density at radius 1 is 0.875 bits per heavy atom. The highest BCUT2D eigenvalue weighted by Gasteiger charge is 2.29. The number of carbonyl (C=O) groups is 3. The molecule has 0 spiro atoms. The lowest BCUT2D eigenvalue weighted by molar-refractivity contribution is -0.138. The summed E-state index contributed by atoms with van der Waals surface area (Å²) < 4.78 is 23.4. The molecule has 6 heterocycles. The maximum Gasteiger partial charge on any atom is 0.376 e. The van der Waals surface area contributed by atoms with Gasteiger partial charge in [0.25, 0.3) is 0 Å². The average Bonchev–Trinajstić information content (AvgIpc) is 3.83. The number of ether oxygens (including phenoxy) is 4. The van der Waals surface area contributed by atoms with Crippen LogP contribution in [0.4, 0.5) is 16.4 Å². The van der Waals surface area contributed by atoms with Crippen molar-refractivity contribution >= 4 is 44.2 Å². The number of nitrogens with zero attached hydrogens (tertiary/aromatic N) is 6. The molecule has 2 aromatic heterocycles. The van der Waals surface area contributed by atoms with E-state index in [1.165, 1.54) is 33.7 Å². The fourth-order valence-electron chi connectivity index (χ4n) is 6.31. The fourth-order valence-corrected chi connectivity index (χ4v) is 6.31. The van der Waals surface area contributed by atoms with Crippen LogP contribution in [0.25, 0.3) is 0 Å². The number of anilines is 2. The van der Waals surface area contributed by atoms with Crippen molar-refractivity contribution in [3.05, 3.63) is 45.5 Å². The van der Waals surface area contributed by atoms with Crippen LogP contribution in [0.1, 0.15) is 58.4 Å². The molecule has 23 heteroatoms. The standard InChI is InChI=1S/C16H25BN4O6.C8H12BNO3.C8H11N3O4.CH4/c1-17(25)20-5-2-11(3-6-20)8-13(23)18-12-4-7-21(16(24)19-12)14-10-26-15(9-22)27-14;9-8(13)10-3-1-6(2-4-10)5-7(11)12;9-5-1-2-11(8(13)10-5)6-4-14-7(3-12)15-6;/h4,7,11,14-15,22,25H,2-3,5-6,8-10H2,1H3,(H,18,19,23,24);6H,1-5H2,(H,11,12);1-2,6-7,12H,3-4H2,(H2,9,10,13);1H4/t14-,15-;;6-,7-;/m0.0./s1. The molecular formula is C33H52B2N8O13. The minimum absolute atomic E-state index is 0. The molecule has 308 valence electrons. The number of aliphatic carboxylic acids is 1. The van der Waals surface area contributed by atoms with Crippen molar-refractivity contribution in [2.24, 2.45) is 11.8 Å². The fraction of sp³-hybridized carbons (Fsp3) is 0.667. The third-order valence-corrected chi connectivity index (χ3v) is 9.38. The van der Waals surface area contributed by atoms with Crippen LogP contribution in [-0.4, -0.2) is 147 Å². The summed E-state index contributed by atoms with van der Waals surface area (Å²) in [7, 11) is 4.62. The van der Waals surface area contributed by atoms with Gasteiger partial charge in [-0.1, -0.05) is 7.43 Å². The number of aliphatic hydroxyl groups excluding tert-OH is 2. The van der Waals surface area contributed by atoms with E-state index in [0.717, 1.165) is 38.8 Å². The van der Waals surface area contributed by atoms with E-state index in [0.29, 0.717) is 19.5 Å². The Bertz CT molecular complexity index is 1690. The number of nitrogens with two attached hydrogens (primary N) is 1. The second kappa shape index (κ2) is 22.5. The summed E-state index contributed by atoms with van der Waals surface area (Å²) in [4.78, 5) is 67.9. The molecule has 2 radical (unpaired) electrons. The lowest BCUT2D eigenvalue weighted by Gasteiger charge is -2.32. The van der Waals surface area contributed by atoms with Gasteiger partial charge in [0.2, 0.25) is 13.8 Å². The smallest absolute Gasteiger partial charge is 0.376 e. The van der Waals surface area contributed by atoms with E-state index in [2.05, 4.69) is 15.3 Å². The van der Waals surface area contributed by atoms with E-state index < -0.39 is 55.2 Å². The normalized spacial score (nSPS) is 22.8. The third kappa shape index (κ3) is 14.1. The Morgan fingerprint density at radius 3 is 1.82 bits per heavy atom. The van der Waals surface area contributed by atoms with Gasteiger partial charge in [-0.15, -0.1) is 0 Å². The second-order valence-corrected chi connectivity index (χ2v) is 13.3. The molecule has 0 bridgehead atoms. The molecular weight excluding hydrogens is 738 g/mol. The highest BCUT2D eigenvalue weighted by atomic mass is 16.7. The topological polar surface area (TPSA) is 283 Å². The van der Waals surface area contributed by atoms with Crippen LogP contribution in [0, 0.1) is 11.8 Å². The zero-order chi connectivity index (χ0) is 40.1. The molecule has 6 rings (SSSR count). The van der Waals surface area contributed by atoms with Crippen molar-refractivity contribution in [3.63, 3.8) is 0 Å². The summed E-state index contributed by atoms with van der Waals surface area (Å²) in [5.41, 5.74) is 4.28. The Hall–Kier alpha value is -4.22. The number of carboxylic acid groups (broad SMARTS) is 1. The summed E-state index contributed by atoms with van der Waals surface area (Å²) in [6, 6.07) is 3.03. The summed E-state index contributed by atoms with van der Waals surface area (Å²) in [6.07, 6.45) is 4.08. The monoisotopic (exact) mass is 790 g/mol. The van der Waals surface area contributed by atoms with Gasteiger partial charge < -0.3 is 60.1 Å². The molecule has 2 aromatic rings. The number of hydrogen-bond acceptors (Lipinski definition) is 16. The average molecular weight is 790 g/mol. The molecule has 0 aliphatic carbocycles. The van der Waals surface area contributed by atoms with Gasteiger partial charge >= 0.3 is 24.4 Å². The van der Waals surface area contributed by atoms with Gasteiger partial charge in [0.15, 0.2) is 30.8 Å². The number of amides is 2. The van der Waals surface area contributed by atoms with Crippen LogP contribution in [0.3, 0.4) is 0 Å². The van der Waals surface area contributed by atoms with E-state index in [1.54, 1.807) is 11.7 Å². The number of aromatic nitrogens is 4. The van der Waals surface area contributed by atoms with Gasteiger partial charge in [-0.05, 0) is 69.6 Å². The van der Waals surface area contributed by atoms with Gasteiger partial charge in [0, 0.05) is 38.3 Å². The van der Waals surface area contributed by atoms with E-state index in [9.17, 15) is 29.0 Å². The van der Waals surface area contributed by atoms with Crippen LogP contribution < -0.4 is 22.4 Å². The van der Waals surface area contributed by atoms with E-state index >= 15 is 0 Å². The van der Waals surface area contributed by atoms with Crippen LogP contribution in [0.15, 0.2) is 34.1 Å². The molecule has 4 aliphatic rings. The molecule has 7 N–H and O–H groups in total. The van der Waals surface area contributed by atoms with Crippen LogP contribution in [0.5, 0.6) is 0 Å². The summed E-state index contributed by atoms with van der Waals surface area (Å²) in [5, 5.41) is 38.5. The molecule has 56 heavy (non-hydrogen) atoms. The Labute approximate surface area is 325 Å². The summed E-state index contributed by atoms with van der Waals surface area (Å²) in [6.45, 7) is 4.27. The van der Waals surface area contributed by atoms with Gasteiger partial charge in [0.05, 0.1) is 26.4 Å². The molecule has 0 unspecified atom stereocenters. The summed E-state index contributed by atoms with van der Waals surface area (Å²) in [5.74, 6) is -0.552. The molecule has 2 amide bonds. The number of aliphatic hydroxyl groups is 2. The second-order valence-electron chi connectivity index (χ2n) is 13.3. The predicted molar refractivity (Wildman–Crippen MR) is 201 cm³/mol. The highest BCUT2D eigenvalue weighted by molar-refractivity contribution is 6.56. The minimum Gasteiger partial charge on any atom is -0.481 e. The Kier molecular flexibility index (Phi) is 18.6. The Balaban J connectivity index is 0.000000245. The number of carboxylic acids is 1. The van der Waals surface area contributed by atoms with E-state index in [-0.39, 0.29) is 69.7 Å². The number of hydrogen-bond donors (Lipinski definition) is 6. The van der Waals surface area contributed by atoms with Crippen LogP contribution in [0.2, 0.25) is 6.82 Å². The molecule has 4 atom stereocenters. The van der Waals surface area contributed by atoms with Gasteiger partial charge in [-0.3, -0.25) is 23.5 Å². The maximum absolute atomic E-state index is 12.2. The van der Waals surface area contributed by atoms with Crippen LogP contribution >= 0.6 is 0 Å². The number of likely N-dealkylation sites (tertiary alicyclic amines) is 1. The van der Waals surface area contributed by atoms with Crippen molar-refractivity contribution in [1.82, 2.24) is 28.8 Å². The third-order valence-electron chi connectivity index (χ3n) is 9.38. The SMILES string of the molecule is C.CB(O)N1CCC(CC(=O)Nc2ccn([C@@H]3CO[C@H](CO)O3)c(=O)n2)CC1.Nc1ccn([C@@H]2CO[C@H](CO)O2)c(=O)n1.[B]C(=O)N1CCC(CC(=O)O)CC1. The molecule has 4 aliphatic heterocycles. The maximum atomic E-state index is 12.2. The van der Waals surface area contributed by atoms with Gasteiger partial charge in [0.1, 0.15) is 11.6 Å². The first-order valence-electron chi connectivity index (χ1n) is 17.9. The van der Waals surface area contributed by atoms with Crippen molar-refractivity contribution in [1.29, 1.82) is 0 Å². The number of carbonyl (C=O) groups excluding carboxylic acids is 2.